The van der Waals surface area contributed by atoms with Gasteiger partial charge in [-0.3, -0.25) is 9.69 Å². The molecule has 0 bridgehead atoms. The molecule has 104 valence electrons. The molecular formula is C16H24N2O. The van der Waals surface area contributed by atoms with Crippen molar-refractivity contribution >= 4 is 11.6 Å². The van der Waals surface area contributed by atoms with E-state index in [0.29, 0.717) is 12.5 Å². The van der Waals surface area contributed by atoms with E-state index in [4.69, 9.17) is 0 Å². The number of carbonyl (C=O) groups is 1. The van der Waals surface area contributed by atoms with Crippen LogP contribution >= 0.6 is 0 Å². The highest BCUT2D eigenvalue weighted by Gasteiger charge is 2.18. The van der Waals surface area contributed by atoms with Crippen molar-refractivity contribution < 1.29 is 4.79 Å². The molecule has 3 heteroatoms. The van der Waals surface area contributed by atoms with Crippen molar-refractivity contribution in [3.8, 4) is 0 Å². The van der Waals surface area contributed by atoms with Crippen LogP contribution in [0.2, 0.25) is 0 Å². The van der Waals surface area contributed by atoms with E-state index in [0.717, 1.165) is 25.2 Å². The SMILES string of the molecule is CCc1ccc(NC(=O)CN2CCCC(C)C2)cc1. The molecule has 1 unspecified atom stereocenters. The highest BCUT2D eigenvalue weighted by molar-refractivity contribution is 5.92. The Balaban J connectivity index is 1.83. The lowest BCUT2D eigenvalue weighted by molar-refractivity contribution is -0.117. The number of aryl methyl sites for hydroxylation is 1. The third kappa shape index (κ3) is 4.35. The van der Waals surface area contributed by atoms with Crippen molar-refractivity contribution in [1.82, 2.24) is 4.90 Å². The van der Waals surface area contributed by atoms with Crippen molar-refractivity contribution in [3.63, 3.8) is 0 Å². The van der Waals surface area contributed by atoms with Crippen LogP contribution in [-0.2, 0) is 11.2 Å². The number of carbonyl (C=O) groups excluding carboxylic acids is 1. The van der Waals surface area contributed by atoms with Crippen LogP contribution in [0.25, 0.3) is 0 Å². The van der Waals surface area contributed by atoms with Gasteiger partial charge in [0.1, 0.15) is 0 Å². The van der Waals surface area contributed by atoms with E-state index in [1.165, 1.54) is 18.4 Å². The average molecular weight is 260 g/mol. The molecule has 3 nitrogen and oxygen atoms in total. The first-order chi connectivity index (χ1) is 9.17. The van der Waals surface area contributed by atoms with E-state index in [1.54, 1.807) is 0 Å². The molecular weight excluding hydrogens is 236 g/mol. The highest BCUT2D eigenvalue weighted by Crippen LogP contribution is 2.15. The van der Waals surface area contributed by atoms with Gasteiger partial charge in [-0.2, -0.15) is 0 Å². The Bertz CT molecular complexity index is 413. The molecule has 1 heterocycles. The minimum atomic E-state index is 0.0957. The fraction of sp³-hybridized carbons (Fsp3) is 0.562. The topological polar surface area (TPSA) is 32.3 Å². The van der Waals surface area contributed by atoms with E-state index in [2.05, 4.69) is 36.2 Å². The maximum atomic E-state index is 12.0. The first kappa shape index (κ1) is 14.1. The predicted octanol–water partition coefficient (Wildman–Crippen LogP) is 2.92. The summed E-state index contributed by atoms with van der Waals surface area (Å²) in [6.07, 6.45) is 3.52. The fourth-order valence-corrected chi connectivity index (χ4v) is 2.66. The predicted molar refractivity (Wildman–Crippen MR) is 79.3 cm³/mol. The summed E-state index contributed by atoms with van der Waals surface area (Å²) in [5.41, 5.74) is 2.19. The Hall–Kier alpha value is -1.35. The lowest BCUT2D eigenvalue weighted by Gasteiger charge is -2.30. The van der Waals surface area contributed by atoms with Crippen LogP contribution in [0.15, 0.2) is 24.3 Å². The fourth-order valence-electron chi connectivity index (χ4n) is 2.66. The monoisotopic (exact) mass is 260 g/mol. The zero-order valence-electron chi connectivity index (χ0n) is 12.0. The van der Waals surface area contributed by atoms with Crippen molar-refractivity contribution in [2.75, 3.05) is 25.0 Å². The van der Waals surface area contributed by atoms with Crippen LogP contribution in [0.1, 0.15) is 32.3 Å². The molecule has 1 N–H and O–H groups in total. The second kappa shape index (κ2) is 6.71. The van der Waals surface area contributed by atoms with Crippen LogP contribution in [0, 0.1) is 5.92 Å². The standard InChI is InChI=1S/C16H24N2O/c1-3-14-6-8-15(9-7-14)17-16(19)12-18-10-4-5-13(2)11-18/h6-9,13H,3-5,10-12H2,1-2H3,(H,17,19). The van der Waals surface area contributed by atoms with Crippen molar-refractivity contribution in [1.29, 1.82) is 0 Å². The number of hydrogen-bond acceptors (Lipinski definition) is 2. The molecule has 0 radical (unpaired) electrons. The largest absolute Gasteiger partial charge is 0.325 e. The number of nitrogens with zero attached hydrogens (tertiary/aromatic N) is 1. The van der Waals surface area contributed by atoms with Gasteiger partial charge >= 0.3 is 0 Å². The lowest BCUT2D eigenvalue weighted by Crippen LogP contribution is -2.39. The molecule has 1 saturated heterocycles. The first-order valence-corrected chi connectivity index (χ1v) is 7.28. The number of benzene rings is 1. The molecule has 1 amide bonds. The van der Waals surface area contributed by atoms with Gasteiger partial charge in [-0.25, -0.2) is 0 Å². The number of nitrogens with one attached hydrogen (secondary N) is 1. The molecule has 0 aliphatic carbocycles. The van der Waals surface area contributed by atoms with E-state index in [9.17, 15) is 4.79 Å². The van der Waals surface area contributed by atoms with Gasteiger partial charge in [0.15, 0.2) is 0 Å². The van der Waals surface area contributed by atoms with Gasteiger partial charge in [-0.15, -0.1) is 0 Å². The van der Waals surface area contributed by atoms with E-state index >= 15 is 0 Å². The third-order valence-corrected chi connectivity index (χ3v) is 3.75. The van der Waals surface area contributed by atoms with Gasteiger partial charge in [0.05, 0.1) is 6.54 Å². The molecule has 1 atom stereocenters. The van der Waals surface area contributed by atoms with Crippen LogP contribution < -0.4 is 5.32 Å². The molecule has 0 spiro atoms. The normalized spacial score (nSPS) is 20.2. The molecule has 1 aromatic carbocycles. The Labute approximate surface area is 116 Å². The zero-order chi connectivity index (χ0) is 13.7. The zero-order valence-corrected chi connectivity index (χ0v) is 12.0. The van der Waals surface area contributed by atoms with Crippen LogP contribution in [0.3, 0.4) is 0 Å². The van der Waals surface area contributed by atoms with Crippen LogP contribution in [-0.4, -0.2) is 30.4 Å². The quantitative estimate of drug-likeness (QED) is 0.902. The van der Waals surface area contributed by atoms with Crippen molar-refractivity contribution in [3.05, 3.63) is 29.8 Å². The summed E-state index contributed by atoms with van der Waals surface area (Å²) in [4.78, 5) is 14.2. The second-order valence-corrected chi connectivity index (χ2v) is 5.58. The minimum Gasteiger partial charge on any atom is -0.325 e. The maximum Gasteiger partial charge on any atom is 0.238 e. The molecule has 0 saturated carbocycles. The van der Waals surface area contributed by atoms with Crippen LogP contribution in [0.5, 0.6) is 0 Å². The van der Waals surface area contributed by atoms with Crippen molar-refractivity contribution in [2.45, 2.75) is 33.1 Å². The van der Waals surface area contributed by atoms with Gasteiger partial charge in [0, 0.05) is 12.2 Å². The number of piperidine rings is 1. The third-order valence-electron chi connectivity index (χ3n) is 3.75. The number of amides is 1. The smallest absolute Gasteiger partial charge is 0.238 e. The molecule has 2 rings (SSSR count). The number of anilines is 1. The summed E-state index contributed by atoms with van der Waals surface area (Å²) < 4.78 is 0. The molecule has 1 aliphatic rings. The number of likely N-dealkylation sites (tertiary alicyclic amines) is 1. The molecule has 0 aromatic heterocycles. The minimum absolute atomic E-state index is 0.0957. The first-order valence-electron chi connectivity index (χ1n) is 7.28. The molecule has 1 aromatic rings. The van der Waals surface area contributed by atoms with Gasteiger partial charge < -0.3 is 5.32 Å². The Morgan fingerprint density at radius 2 is 2.11 bits per heavy atom. The molecule has 1 fully saturated rings. The van der Waals surface area contributed by atoms with Gasteiger partial charge in [0.2, 0.25) is 5.91 Å². The lowest BCUT2D eigenvalue weighted by atomic mass is 10.0. The average Bonchev–Trinajstić information content (AvgIpc) is 2.39. The maximum absolute atomic E-state index is 12.0. The Morgan fingerprint density at radius 1 is 1.37 bits per heavy atom. The summed E-state index contributed by atoms with van der Waals surface area (Å²) in [5.74, 6) is 0.809. The highest BCUT2D eigenvalue weighted by atomic mass is 16.2. The van der Waals surface area contributed by atoms with Gasteiger partial charge in [-0.1, -0.05) is 26.0 Å². The van der Waals surface area contributed by atoms with Gasteiger partial charge in [-0.05, 0) is 49.4 Å². The summed E-state index contributed by atoms with van der Waals surface area (Å²) in [6, 6.07) is 8.10. The Morgan fingerprint density at radius 3 is 2.74 bits per heavy atom. The van der Waals surface area contributed by atoms with E-state index in [1.807, 2.05) is 12.1 Å². The Kier molecular flexibility index (Phi) is 4.97. The second-order valence-electron chi connectivity index (χ2n) is 5.58. The van der Waals surface area contributed by atoms with E-state index in [-0.39, 0.29) is 5.91 Å². The summed E-state index contributed by atoms with van der Waals surface area (Å²) in [5, 5.41) is 2.97. The van der Waals surface area contributed by atoms with Crippen LogP contribution in [0.4, 0.5) is 5.69 Å². The summed E-state index contributed by atoms with van der Waals surface area (Å²) in [7, 11) is 0. The summed E-state index contributed by atoms with van der Waals surface area (Å²) >= 11 is 0. The van der Waals surface area contributed by atoms with Gasteiger partial charge in [0.25, 0.3) is 0 Å². The van der Waals surface area contributed by atoms with Crippen molar-refractivity contribution in [2.24, 2.45) is 5.92 Å². The molecule has 19 heavy (non-hydrogen) atoms. The molecule has 1 aliphatic heterocycles. The summed E-state index contributed by atoms with van der Waals surface area (Å²) in [6.45, 7) is 6.99. The number of hydrogen-bond donors (Lipinski definition) is 1. The van der Waals surface area contributed by atoms with E-state index < -0.39 is 0 Å². The number of rotatable bonds is 4.